The van der Waals surface area contributed by atoms with E-state index in [1.165, 1.54) is 12.1 Å². The maximum Gasteiger partial charge on any atom is 0.251 e. The van der Waals surface area contributed by atoms with Crippen LogP contribution in [0.1, 0.15) is 28.8 Å². The van der Waals surface area contributed by atoms with Gasteiger partial charge in [-0.05, 0) is 48.7 Å². The van der Waals surface area contributed by atoms with Gasteiger partial charge in [0.1, 0.15) is 0 Å². The fourth-order valence-electron chi connectivity index (χ4n) is 3.00. The van der Waals surface area contributed by atoms with E-state index in [9.17, 15) is 18.0 Å². The molecule has 7 nitrogen and oxygen atoms in total. The summed E-state index contributed by atoms with van der Waals surface area (Å²) in [4.78, 5) is 26.0. The molecule has 0 atom stereocenters. The van der Waals surface area contributed by atoms with Gasteiger partial charge < -0.3 is 10.2 Å². The molecular weight excluding hydrogens is 366 g/mol. The molecule has 27 heavy (non-hydrogen) atoms. The van der Waals surface area contributed by atoms with E-state index >= 15 is 0 Å². The Bertz CT molecular complexity index is 955. The van der Waals surface area contributed by atoms with E-state index in [0.29, 0.717) is 31.5 Å². The molecule has 2 amide bonds. The number of hydrogen-bond donors (Lipinski definition) is 2. The predicted molar refractivity (Wildman–Crippen MR) is 102 cm³/mol. The van der Waals surface area contributed by atoms with Gasteiger partial charge in [-0.15, -0.1) is 0 Å². The fourth-order valence-corrected chi connectivity index (χ4v) is 3.52. The van der Waals surface area contributed by atoms with Gasteiger partial charge in [-0.2, -0.15) is 0 Å². The van der Waals surface area contributed by atoms with Gasteiger partial charge in [0.05, 0.1) is 4.90 Å². The Morgan fingerprint density at radius 2 is 1.89 bits per heavy atom. The highest BCUT2D eigenvalue weighted by Gasteiger charge is 2.22. The largest absolute Gasteiger partial charge is 0.352 e. The summed E-state index contributed by atoms with van der Waals surface area (Å²) in [5.41, 5.74) is 2.12. The maximum absolute atomic E-state index is 12.4. The van der Waals surface area contributed by atoms with Crippen LogP contribution in [0.4, 0.5) is 5.69 Å². The Morgan fingerprint density at radius 1 is 1.15 bits per heavy atom. The third-order valence-electron chi connectivity index (χ3n) is 4.44. The quantitative estimate of drug-likeness (QED) is 0.781. The maximum atomic E-state index is 12.4. The number of carbonyl (C=O) groups is 2. The molecule has 0 aliphatic carbocycles. The first-order valence-electron chi connectivity index (χ1n) is 8.65. The Balaban J connectivity index is 1.57. The van der Waals surface area contributed by atoms with Crippen molar-refractivity contribution in [3.05, 3.63) is 59.7 Å². The van der Waals surface area contributed by atoms with Crippen LogP contribution in [-0.2, 0) is 21.2 Å². The summed E-state index contributed by atoms with van der Waals surface area (Å²) in [6, 6.07) is 13.3. The van der Waals surface area contributed by atoms with Crippen molar-refractivity contribution in [3.8, 4) is 0 Å². The van der Waals surface area contributed by atoms with E-state index in [-0.39, 0.29) is 16.7 Å². The molecule has 142 valence electrons. The molecule has 1 aliphatic heterocycles. The van der Waals surface area contributed by atoms with Crippen molar-refractivity contribution in [1.29, 1.82) is 0 Å². The Hall–Kier alpha value is -2.71. The monoisotopic (exact) mass is 387 g/mol. The van der Waals surface area contributed by atoms with Gasteiger partial charge in [-0.25, -0.2) is 13.6 Å². The number of anilines is 1. The lowest BCUT2D eigenvalue weighted by Gasteiger charge is -2.16. The van der Waals surface area contributed by atoms with E-state index in [1.807, 2.05) is 6.07 Å². The minimum Gasteiger partial charge on any atom is -0.352 e. The Kier molecular flexibility index (Phi) is 5.57. The van der Waals surface area contributed by atoms with Crippen LogP contribution in [-0.4, -0.2) is 33.3 Å². The minimum absolute atomic E-state index is 0.0589. The van der Waals surface area contributed by atoms with Gasteiger partial charge in [-0.3, -0.25) is 9.59 Å². The number of nitrogens with one attached hydrogen (secondary N) is 1. The van der Waals surface area contributed by atoms with Gasteiger partial charge in [0.15, 0.2) is 0 Å². The molecule has 3 rings (SSSR count). The number of nitrogens with two attached hydrogens (primary N) is 1. The molecule has 1 fully saturated rings. The second-order valence-electron chi connectivity index (χ2n) is 6.39. The highest BCUT2D eigenvalue weighted by molar-refractivity contribution is 7.89. The van der Waals surface area contributed by atoms with E-state index in [1.54, 1.807) is 35.2 Å². The van der Waals surface area contributed by atoms with Crippen LogP contribution in [0.5, 0.6) is 0 Å². The van der Waals surface area contributed by atoms with Crippen molar-refractivity contribution in [3.63, 3.8) is 0 Å². The smallest absolute Gasteiger partial charge is 0.251 e. The van der Waals surface area contributed by atoms with Gasteiger partial charge >= 0.3 is 0 Å². The SMILES string of the molecule is NS(=O)(=O)c1ccc(CCNC(=O)c2cccc(N3CCCC3=O)c2)cc1. The lowest BCUT2D eigenvalue weighted by molar-refractivity contribution is -0.117. The second kappa shape index (κ2) is 7.89. The van der Waals surface area contributed by atoms with Crippen LogP contribution in [0, 0.1) is 0 Å². The zero-order chi connectivity index (χ0) is 19.4. The first kappa shape index (κ1) is 19.1. The summed E-state index contributed by atoms with van der Waals surface area (Å²) in [7, 11) is -3.70. The fraction of sp³-hybridized carbons (Fsp3) is 0.263. The van der Waals surface area contributed by atoms with Crippen molar-refractivity contribution in [1.82, 2.24) is 5.32 Å². The zero-order valence-corrected chi connectivity index (χ0v) is 15.5. The van der Waals surface area contributed by atoms with Crippen molar-refractivity contribution >= 4 is 27.5 Å². The summed E-state index contributed by atoms with van der Waals surface area (Å²) >= 11 is 0. The molecule has 0 radical (unpaired) electrons. The molecule has 3 N–H and O–H groups in total. The van der Waals surface area contributed by atoms with Crippen LogP contribution in [0.3, 0.4) is 0 Å². The summed E-state index contributed by atoms with van der Waals surface area (Å²) in [5.74, 6) is -0.139. The molecule has 0 saturated carbocycles. The van der Waals surface area contributed by atoms with Crippen molar-refractivity contribution in [2.45, 2.75) is 24.2 Å². The number of hydrogen-bond acceptors (Lipinski definition) is 4. The lowest BCUT2D eigenvalue weighted by Crippen LogP contribution is -2.27. The Labute approximate surface area is 158 Å². The molecule has 8 heteroatoms. The van der Waals surface area contributed by atoms with Crippen molar-refractivity contribution in [2.24, 2.45) is 5.14 Å². The van der Waals surface area contributed by atoms with Gasteiger partial charge in [0.25, 0.3) is 5.91 Å². The van der Waals surface area contributed by atoms with E-state index in [0.717, 1.165) is 17.7 Å². The third-order valence-corrected chi connectivity index (χ3v) is 5.37. The molecule has 2 aromatic rings. The lowest BCUT2D eigenvalue weighted by atomic mass is 10.1. The van der Waals surface area contributed by atoms with Crippen LogP contribution in [0.2, 0.25) is 0 Å². The van der Waals surface area contributed by atoms with E-state index in [2.05, 4.69) is 5.32 Å². The Morgan fingerprint density at radius 3 is 2.52 bits per heavy atom. The number of amides is 2. The summed E-state index contributed by atoms with van der Waals surface area (Å²) in [6.45, 7) is 1.08. The predicted octanol–water partition coefficient (Wildman–Crippen LogP) is 1.43. The summed E-state index contributed by atoms with van der Waals surface area (Å²) in [5, 5.41) is 7.90. The number of primary sulfonamides is 1. The molecule has 0 aromatic heterocycles. The summed E-state index contributed by atoms with van der Waals surface area (Å²) in [6.07, 6.45) is 1.93. The molecule has 1 aliphatic rings. The average Bonchev–Trinajstić information content (AvgIpc) is 3.07. The van der Waals surface area contributed by atoms with Crippen LogP contribution < -0.4 is 15.4 Å². The molecule has 1 heterocycles. The number of sulfonamides is 1. The number of nitrogens with zero attached hydrogens (tertiary/aromatic N) is 1. The standard InChI is InChI=1S/C19H21N3O4S/c20-27(25,26)17-8-6-14(7-9-17)10-11-21-19(24)15-3-1-4-16(13-15)22-12-2-5-18(22)23/h1,3-4,6-9,13H,2,5,10-12H2,(H,21,24)(H2,20,25,26). The molecule has 0 spiro atoms. The van der Waals surface area contributed by atoms with E-state index in [4.69, 9.17) is 5.14 Å². The minimum atomic E-state index is -3.70. The average molecular weight is 387 g/mol. The third kappa shape index (κ3) is 4.72. The highest BCUT2D eigenvalue weighted by atomic mass is 32.2. The first-order chi connectivity index (χ1) is 12.8. The van der Waals surface area contributed by atoms with Crippen molar-refractivity contribution < 1.29 is 18.0 Å². The zero-order valence-electron chi connectivity index (χ0n) is 14.7. The van der Waals surface area contributed by atoms with Crippen molar-refractivity contribution in [2.75, 3.05) is 18.0 Å². The van der Waals surface area contributed by atoms with E-state index < -0.39 is 10.0 Å². The molecule has 1 saturated heterocycles. The second-order valence-corrected chi connectivity index (χ2v) is 7.96. The molecule has 0 unspecified atom stereocenters. The molecule has 2 aromatic carbocycles. The topological polar surface area (TPSA) is 110 Å². The van der Waals surface area contributed by atoms with Crippen LogP contribution >= 0.6 is 0 Å². The van der Waals surface area contributed by atoms with Crippen LogP contribution in [0.15, 0.2) is 53.4 Å². The number of benzene rings is 2. The van der Waals surface area contributed by atoms with Gasteiger partial charge in [-0.1, -0.05) is 18.2 Å². The summed E-state index contributed by atoms with van der Waals surface area (Å²) < 4.78 is 22.5. The molecular formula is C19H21N3O4S. The van der Waals surface area contributed by atoms with Gasteiger partial charge in [0, 0.05) is 30.8 Å². The first-order valence-corrected chi connectivity index (χ1v) is 10.2. The number of rotatable bonds is 6. The van der Waals surface area contributed by atoms with Crippen LogP contribution in [0.25, 0.3) is 0 Å². The highest BCUT2D eigenvalue weighted by Crippen LogP contribution is 2.22. The number of carbonyl (C=O) groups excluding carboxylic acids is 2. The molecule has 0 bridgehead atoms. The van der Waals surface area contributed by atoms with Gasteiger partial charge in [0.2, 0.25) is 15.9 Å². The normalized spacial score (nSPS) is 14.4.